The first kappa shape index (κ1) is 17.5. The topological polar surface area (TPSA) is 56.7 Å². The Labute approximate surface area is 157 Å². The molecule has 1 saturated heterocycles. The van der Waals surface area contributed by atoms with E-state index in [1.165, 1.54) is 40.5 Å². The van der Waals surface area contributed by atoms with Gasteiger partial charge in [-0.05, 0) is 50.4 Å². The zero-order valence-electron chi connectivity index (χ0n) is 15.1. The minimum Gasteiger partial charge on any atom is -0.465 e. The quantitative estimate of drug-likeness (QED) is 0.871. The molecule has 1 atom stereocenters. The molecule has 3 heterocycles. The van der Waals surface area contributed by atoms with Gasteiger partial charge in [-0.15, -0.1) is 11.3 Å². The van der Waals surface area contributed by atoms with Gasteiger partial charge in [-0.1, -0.05) is 19.1 Å². The Hall–Kier alpha value is -1.92. The van der Waals surface area contributed by atoms with E-state index in [2.05, 4.69) is 17.9 Å². The van der Waals surface area contributed by atoms with Crippen molar-refractivity contribution in [3.63, 3.8) is 0 Å². The fourth-order valence-corrected chi connectivity index (χ4v) is 4.80. The van der Waals surface area contributed by atoms with Crippen molar-refractivity contribution in [1.29, 1.82) is 0 Å². The Morgan fingerprint density at radius 2 is 2.15 bits per heavy atom. The van der Waals surface area contributed by atoms with E-state index in [0.29, 0.717) is 12.5 Å². The molecule has 6 heteroatoms. The lowest BCUT2D eigenvalue weighted by Crippen LogP contribution is -2.34. The predicted molar refractivity (Wildman–Crippen MR) is 105 cm³/mol. The van der Waals surface area contributed by atoms with Gasteiger partial charge in [-0.3, -0.25) is 4.90 Å². The summed E-state index contributed by atoms with van der Waals surface area (Å²) in [4.78, 5) is 20.4. The molecule has 0 spiro atoms. The molecule has 1 aromatic heterocycles. The van der Waals surface area contributed by atoms with Crippen LogP contribution in [0.3, 0.4) is 0 Å². The normalized spacial score (nSPS) is 21.3. The minimum absolute atomic E-state index is 0.357. The van der Waals surface area contributed by atoms with Crippen molar-refractivity contribution >= 4 is 33.3 Å². The van der Waals surface area contributed by atoms with Crippen LogP contribution in [0.15, 0.2) is 24.3 Å². The number of nitrogens with zero attached hydrogens (tertiary/aromatic N) is 3. The van der Waals surface area contributed by atoms with E-state index in [9.17, 15) is 9.90 Å². The maximum atomic E-state index is 11.6. The van der Waals surface area contributed by atoms with Crippen molar-refractivity contribution in [1.82, 2.24) is 14.8 Å². The lowest BCUT2D eigenvalue weighted by Gasteiger charge is -2.29. The molecule has 1 amide bonds. The van der Waals surface area contributed by atoms with E-state index in [4.69, 9.17) is 4.98 Å². The zero-order valence-corrected chi connectivity index (χ0v) is 16.0. The number of benzene rings is 1. The Morgan fingerprint density at radius 1 is 1.35 bits per heavy atom. The molecular formula is C20H25N3O2S. The summed E-state index contributed by atoms with van der Waals surface area (Å²) in [5.41, 5.74) is 2.72. The second-order valence-corrected chi connectivity index (χ2v) is 8.53. The lowest BCUT2D eigenvalue weighted by atomic mass is 9.98. The van der Waals surface area contributed by atoms with Crippen molar-refractivity contribution in [2.75, 3.05) is 26.2 Å². The third-order valence-electron chi connectivity index (χ3n) is 5.30. The number of thiazole rings is 1. The van der Waals surface area contributed by atoms with Gasteiger partial charge in [0, 0.05) is 25.1 Å². The summed E-state index contributed by atoms with van der Waals surface area (Å²) in [6.45, 7) is 6.15. The highest BCUT2D eigenvalue weighted by molar-refractivity contribution is 7.18. The molecule has 1 fully saturated rings. The van der Waals surface area contributed by atoms with Crippen LogP contribution < -0.4 is 0 Å². The van der Waals surface area contributed by atoms with Gasteiger partial charge in [0.15, 0.2) is 0 Å². The Bertz CT molecular complexity index is 839. The van der Waals surface area contributed by atoms with Crippen LogP contribution in [-0.2, 0) is 6.42 Å². The molecule has 0 bridgehead atoms. The summed E-state index contributed by atoms with van der Waals surface area (Å²) >= 11 is 1.76. The van der Waals surface area contributed by atoms with E-state index in [0.717, 1.165) is 36.2 Å². The van der Waals surface area contributed by atoms with Crippen LogP contribution in [0.5, 0.6) is 0 Å². The van der Waals surface area contributed by atoms with Crippen molar-refractivity contribution in [3.05, 3.63) is 34.8 Å². The van der Waals surface area contributed by atoms with Gasteiger partial charge in [0.25, 0.3) is 0 Å². The number of rotatable bonds is 4. The molecule has 2 aromatic rings. The average molecular weight is 372 g/mol. The minimum atomic E-state index is -0.882. The van der Waals surface area contributed by atoms with Crippen molar-refractivity contribution in [2.45, 2.75) is 32.6 Å². The highest BCUT2D eigenvalue weighted by atomic mass is 32.1. The molecule has 0 aliphatic carbocycles. The number of carbonyl (C=O) groups is 1. The van der Waals surface area contributed by atoms with Crippen LogP contribution >= 0.6 is 11.3 Å². The molecule has 1 N–H and O–H groups in total. The van der Waals surface area contributed by atoms with Gasteiger partial charge in [0.1, 0.15) is 0 Å². The van der Waals surface area contributed by atoms with E-state index < -0.39 is 6.09 Å². The monoisotopic (exact) mass is 371 g/mol. The standard InChI is InChI=1S/C20H25N3O2S/c1-14-4-6-17(23(13-14)20(24)25)15-5-7-18-16(12-15)21-19(26-18)8-11-22-9-2-3-10-22/h5-7,12,14H,2-4,8-11,13H2,1H3,(H,24,25)/t14-/m0/s1. The number of hydrogen-bond acceptors (Lipinski definition) is 4. The molecule has 0 saturated carbocycles. The van der Waals surface area contributed by atoms with E-state index in [1.54, 1.807) is 11.3 Å². The fraction of sp³-hybridized carbons (Fsp3) is 0.500. The molecule has 5 nitrogen and oxygen atoms in total. The van der Waals surface area contributed by atoms with Crippen molar-refractivity contribution < 1.29 is 9.90 Å². The van der Waals surface area contributed by atoms with Gasteiger partial charge in [-0.2, -0.15) is 0 Å². The number of likely N-dealkylation sites (tertiary alicyclic amines) is 1. The highest BCUT2D eigenvalue weighted by Gasteiger charge is 2.25. The van der Waals surface area contributed by atoms with Crippen LogP contribution in [0.25, 0.3) is 15.9 Å². The van der Waals surface area contributed by atoms with Crippen LogP contribution in [0, 0.1) is 5.92 Å². The maximum absolute atomic E-state index is 11.6. The smallest absolute Gasteiger partial charge is 0.411 e. The molecule has 138 valence electrons. The first-order chi connectivity index (χ1) is 12.6. The van der Waals surface area contributed by atoms with Crippen LogP contribution in [0.4, 0.5) is 4.79 Å². The fourth-order valence-electron chi connectivity index (χ4n) is 3.86. The van der Waals surface area contributed by atoms with E-state index in [1.807, 2.05) is 18.2 Å². The number of amides is 1. The van der Waals surface area contributed by atoms with Crippen LogP contribution in [-0.4, -0.2) is 52.2 Å². The number of fused-ring (bicyclic) bond motifs is 1. The Kier molecular flexibility index (Phi) is 4.96. The van der Waals surface area contributed by atoms with Gasteiger partial charge in [0.05, 0.1) is 20.9 Å². The second kappa shape index (κ2) is 7.37. The molecule has 2 aliphatic heterocycles. The summed E-state index contributed by atoms with van der Waals surface area (Å²) in [6, 6.07) is 6.16. The van der Waals surface area contributed by atoms with Crippen LogP contribution in [0.2, 0.25) is 0 Å². The Morgan fingerprint density at radius 3 is 2.92 bits per heavy atom. The molecule has 4 rings (SSSR count). The molecule has 0 radical (unpaired) electrons. The third kappa shape index (κ3) is 3.62. The van der Waals surface area contributed by atoms with Gasteiger partial charge >= 0.3 is 6.09 Å². The van der Waals surface area contributed by atoms with Crippen molar-refractivity contribution in [3.8, 4) is 0 Å². The summed E-state index contributed by atoms with van der Waals surface area (Å²) in [5, 5.41) is 10.7. The van der Waals surface area contributed by atoms with Crippen molar-refractivity contribution in [2.24, 2.45) is 5.92 Å². The summed E-state index contributed by atoms with van der Waals surface area (Å²) < 4.78 is 1.18. The molecule has 1 aromatic carbocycles. The number of allylic oxidation sites excluding steroid dienone is 1. The second-order valence-electron chi connectivity index (χ2n) is 7.41. The number of hydrogen-bond donors (Lipinski definition) is 1. The summed E-state index contributed by atoms with van der Waals surface area (Å²) in [6.07, 6.45) is 5.70. The van der Waals surface area contributed by atoms with Gasteiger partial charge in [0.2, 0.25) is 0 Å². The van der Waals surface area contributed by atoms with E-state index in [-0.39, 0.29) is 0 Å². The maximum Gasteiger partial charge on any atom is 0.411 e. The zero-order chi connectivity index (χ0) is 18.1. The SMILES string of the molecule is C[C@H]1CC=C(c2ccc3sc(CCN4CCCC4)nc3c2)N(C(=O)O)C1. The summed E-state index contributed by atoms with van der Waals surface area (Å²) in [5.74, 6) is 0.357. The number of carboxylic acid groups (broad SMARTS) is 1. The predicted octanol–water partition coefficient (Wildman–Crippen LogP) is 4.30. The first-order valence-corrected chi connectivity index (χ1v) is 10.2. The molecular weight excluding hydrogens is 346 g/mol. The highest BCUT2D eigenvalue weighted by Crippen LogP contribution is 2.31. The summed E-state index contributed by atoms with van der Waals surface area (Å²) in [7, 11) is 0. The Balaban J connectivity index is 1.56. The van der Waals surface area contributed by atoms with E-state index >= 15 is 0 Å². The van der Waals surface area contributed by atoms with Gasteiger partial charge < -0.3 is 10.0 Å². The molecule has 26 heavy (non-hydrogen) atoms. The number of aromatic nitrogens is 1. The first-order valence-electron chi connectivity index (χ1n) is 9.43. The lowest BCUT2D eigenvalue weighted by molar-refractivity contribution is 0.159. The molecule has 2 aliphatic rings. The molecule has 0 unspecified atom stereocenters. The third-order valence-corrected chi connectivity index (χ3v) is 6.39. The largest absolute Gasteiger partial charge is 0.465 e. The van der Waals surface area contributed by atoms with Gasteiger partial charge in [-0.25, -0.2) is 9.78 Å². The van der Waals surface area contributed by atoms with Crippen LogP contribution in [0.1, 0.15) is 36.8 Å². The average Bonchev–Trinajstić information content (AvgIpc) is 3.28.